The van der Waals surface area contributed by atoms with E-state index in [4.69, 9.17) is 9.57 Å². The number of fused-ring (bicyclic) bond motifs is 1. The second-order valence-electron chi connectivity index (χ2n) is 7.80. The predicted octanol–water partition coefficient (Wildman–Crippen LogP) is 4.61. The number of hydrogen-bond acceptors (Lipinski definition) is 4. The number of aromatic nitrogens is 2. The molecule has 0 saturated heterocycles. The largest absolute Gasteiger partial charge is 0.618 e. The Kier molecular flexibility index (Phi) is 5.70. The maximum Gasteiger partial charge on any atom is 0.357 e. The monoisotopic (exact) mass is 450 g/mol. The molecule has 0 aliphatic heterocycles. The first-order valence-corrected chi connectivity index (χ1v) is 10.8. The Morgan fingerprint density at radius 3 is 2.09 bits per heavy atom. The lowest BCUT2D eigenvalue weighted by Crippen LogP contribution is -2.42. The molecule has 0 aliphatic rings. The fourth-order valence-electron chi connectivity index (χ4n) is 3.90. The standard InChI is InChI=1S/C28H22N2O4/c1-33-24-17-11-20(12-18-24)19-34-30-26-10-6-5-9-25(26)29(32)27(28(30)31)23-15-13-22(14-16-23)21-7-3-2-4-8-21/h2-18H,19H2,1H3. The van der Waals surface area contributed by atoms with Gasteiger partial charge < -0.3 is 14.8 Å². The van der Waals surface area contributed by atoms with Crippen LogP contribution in [0.2, 0.25) is 0 Å². The number of para-hydroxylation sites is 2. The molecule has 34 heavy (non-hydrogen) atoms. The summed E-state index contributed by atoms with van der Waals surface area (Å²) in [4.78, 5) is 19.4. The highest BCUT2D eigenvalue weighted by molar-refractivity contribution is 5.74. The summed E-state index contributed by atoms with van der Waals surface area (Å²) in [5.41, 5.74) is 3.68. The van der Waals surface area contributed by atoms with Crippen molar-refractivity contribution in [3.8, 4) is 28.1 Å². The molecule has 5 aromatic rings. The van der Waals surface area contributed by atoms with Gasteiger partial charge in [-0.15, -0.1) is 4.73 Å². The second kappa shape index (κ2) is 9.11. The molecule has 168 valence electrons. The summed E-state index contributed by atoms with van der Waals surface area (Å²) in [5, 5.41) is 13.2. The molecule has 0 N–H and O–H groups in total. The van der Waals surface area contributed by atoms with Gasteiger partial charge in [0.2, 0.25) is 5.52 Å². The predicted molar refractivity (Wildman–Crippen MR) is 131 cm³/mol. The molecule has 0 bridgehead atoms. The van der Waals surface area contributed by atoms with Gasteiger partial charge in [0.05, 0.1) is 12.7 Å². The highest BCUT2D eigenvalue weighted by Crippen LogP contribution is 2.23. The number of nitrogens with zero attached hydrogens (tertiary/aromatic N) is 2. The minimum Gasteiger partial charge on any atom is -0.618 e. The Morgan fingerprint density at radius 2 is 1.38 bits per heavy atom. The van der Waals surface area contributed by atoms with Gasteiger partial charge in [-0.3, -0.25) is 4.79 Å². The molecule has 0 atom stereocenters. The van der Waals surface area contributed by atoms with E-state index in [1.807, 2.05) is 66.7 Å². The molecule has 1 heterocycles. The highest BCUT2D eigenvalue weighted by atomic mass is 16.7. The number of benzene rings is 4. The first kappa shape index (κ1) is 21.3. The van der Waals surface area contributed by atoms with Crippen LogP contribution in [-0.4, -0.2) is 11.8 Å². The Bertz CT molecular complexity index is 1490. The number of methoxy groups -OCH3 is 1. The van der Waals surface area contributed by atoms with Gasteiger partial charge in [-0.2, -0.15) is 4.73 Å². The van der Waals surface area contributed by atoms with Gasteiger partial charge in [-0.25, -0.2) is 0 Å². The average molecular weight is 450 g/mol. The molecule has 4 aromatic carbocycles. The molecular formula is C28H22N2O4. The number of ether oxygens (including phenoxy) is 1. The normalized spacial score (nSPS) is 10.9. The molecular weight excluding hydrogens is 428 g/mol. The van der Waals surface area contributed by atoms with Gasteiger partial charge in [-0.05, 0) is 47.0 Å². The Labute approximate surface area is 196 Å². The summed E-state index contributed by atoms with van der Waals surface area (Å²) in [5.74, 6) is 0.736. The summed E-state index contributed by atoms with van der Waals surface area (Å²) in [6.07, 6.45) is 0. The van der Waals surface area contributed by atoms with Crippen molar-refractivity contribution in [2.45, 2.75) is 6.61 Å². The summed E-state index contributed by atoms with van der Waals surface area (Å²) in [6, 6.07) is 31.6. The van der Waals surface area contributed by atoms with E-state index in [1.165, 1.54) is 4.73 Å². The van der Waals surface area contributed by atoms with E-state index in [0.717, 1.165) is 22.4 Å². The van der Waals surface area contributed by atoms with Crippen molar-refractivity contribution in [1.29, 1.82) is 0 Å². The number of hydrogen-bond donors (Lipinski definition) is 0. The van der Waals surface area contributed by atoms with Gasteiger partial charge in [0.25, 0.3) is 5.69 Å². The van der Waals surface area contributed by atoms with Crippen LogP contribution in [0.25, 0.3) is 33.4 Å². The molecule has 0 spiro atoms. The van der Waals surface area contributed by atoms with Gasteiger partial charge in [0.1, 0.15) is 12.4 Å². The molecule has 0 saturated carbocycles. The third-order valence-corrected chi connectivity index (χ3v) is 5.69. The summed E-state index contributed by atoms with van der Waals surface area (Å²) in [7, 11) is 1.60. The SMILES string of the molecule is COc1ccc(COn2c(=O)c(-c3ccc(-c4ccccc4)cc3)[n+]([O-])c3ccccc32)cc1. The summed E-state index contributed by atoms with van der Waals surface area (Å²) >= 11 is 0. The zero-order chi connectivity index (χ0) is 23.5. The molecule has 0 radical (unpaired) electrons. The molecule has 0 amide bonds. The zero-order valence-electron chi connectivity index (χ0n) is 18.5. The van der Waals surface area contributed by atoms with Crippen molar-refractivity contribution in [3.05, 3.63) is 124 Å². The summed E-state index contributed by atoms with van der Waals surface area (Å²) < 4.78 is 7.08. The van der Waals surface area contributed by atoms with Crippen molar-refractivity contribution in [1.82, 2.24) is 4.73 Å². The first-order chi connectivity index (χ1) is 16.7. The highest BCUT2D eigenvalue weighted by Gasteiger charge is 2.23. The molecule has 6 nitrogen and oxygen atoms in total. The van der Waals surface area contributed by atoms with Crippen molar-refractivity contribution in [3.63, 3.8) is 0 Å². The maximum atomic E-state index is 13.5. The first-order valence-electron chi connectivity index (χ1n) is 10.8. The Balaban J connectivity index is 1.56. The molecule has 1 aromatic heterocycles. The van der Waals surface area contributed by atoms with Crippen molar-refractivity contribution in [2.24, 2.45) is 0 Å². The van der Waals surface area contributed by atoms with Gasteiger partial charge in [-0.1, -0.05) is 66.7 Å². The van der Waals surface area contributed by atoms with Crippen molar-refractivity contribution < 1.29 is 14.3 Å². The Morgan fingerprint density at radius 1 is 0.765 bits per heavy atom. The minimum absolute atomic E-state index is 0.00745. The van der Waals surface area contributed by atoms with E-state index in [0.29, 0.717) is 21.3 Å². The van der Waals surface area contributed by atoms with Crippen LogP contribution in [0.1, 0.15) is 5.56 Å². The molecule has 0 aliphatic carbocycles. The lowest BCUT2D eigenvalue weighted by Gasteiger charge is -2.14. The van der Waals surface area contributed by atoms with E-state index in [9.17, 15) is 10.0 Å². The topological polar surface area (TPSA) is 67.4 Å². The minimum atomic E-state index is -0.519. The van der Waals surface area contributed by atoms with Crippen LogP contribution in [0.4, 0.5) is 0 Å². The van der Waals surface area contributed by atoms with E-state index in [-0.39, 0.29) is 12.3 Å². The fourth-order valence-corrected chi connectivity index (χ4v) is 3.90. The number of rotatable bonds is 6. The average Bonchev–Trinajstić information content (AvgIpc) is 2.90. The van der Waals surface area contributed by atoms with Crippen LogP contribution >= 0.6 is 0 Å². The van der Waals surface area contributed by atoms with Crippen molar-refractivity contribution >= 4 is 11.0 Å². The third kappa shape index (κ3) is 3.97. The van der Waals surface area contributed by atoms with Crippen LogP contribution in [0, 0.1) is 5.21 Å². The van der Waals surface area contributed by atoms with E-state index in [2.05, 4.69) is 0 Å². The fraction of sp³-hybridized carbons (Fsp3) is 0.0714. The van der Waals surface area contributed by atoms with Crippen LogP contribution < -0.4 is 19.9 Å². The molecule has 0 unspecified atom stereocenters. The molecule has 6 heteroatoms. The van der Waals surface area contributed by atoms with Gasteiger partial charge >= 0.3 is 5.56 Å². The van der Waals surface area contributed by atoms with Crippen LogP contribution in [0.3, 0.4) is 0 Å². The van der Waals surface area contributed by atoms with Crippen molar-refractivity contribution in [2.75, 3.05) is 7.11 Å². The van der Waals surface area contributed by atoms with Crippen LogP contribution in [0.15, 0.2) is 108 Å². The lowest BCUT2D eigenvalue weighted by atomic mass is 10.0. The van der Waals surface area contributed by atoms with E-state index < -0.39 is 5.56 Å². The smallest absolute Gasteiger partial charge is 0.357 e. The second-order valence-corrected chi connectivity index (χ2v) is 7.80. The molecule has 0 fully saturated rings. The van der Waals surface area contributed by atoms with Crippen LogP contribution in [-0.2, 0) is 6.61 Å². The van der Waals surface area contributed by atoms with Crippen LogP contribution in [0.5, 0.6) is 5.75 Å². The Hall–Kier alpha value is -4.58. The maximum absolute atomic E-state index is 13.5. The van der Waals surface area contributed by atoms with E-state index >= 15 is 0 Å². The van der Waals surface area contributed by atoms with Gasteiger partial charge in [0, 0.05) is 6.07 Å². The zero-order valence-corrected chi connectivity index (χ0v) is 18.5. The van der Waals surface area contributed by atoms with Gasteiger partial charge in [0.15, 0.2) is 5.52 Å². The van der Waals surface area contributed by atoms with E-state index in [1.54, 1.807) is 43.5 Å². The third-order valence-electron chi connectivity index (χ3n) is 5.69. The molecule has 5 rings (SSSR count). The lowest BCUT2D eigenvalue weighted by molar-refractivity contribution is -0.566. The summed E-state index contributed by atoms with van der Waals surface area (Å²) in [6.45, 7) is 0.156. The quantitative estimate of drug-likeness (QED) is 0.280.